The summed E-state index contributed by atoms with van der Waals surface area (Å²) in [4.78, 5) is 2.58. The van der Waals surface area contributed by atoms with Gasteiger partial charge in [0.15, 0.2) is 0 Å². The van der Waals surface area contributed by atoms with Crippen LogP contribution in [0.5, 0.6) is 0 Å². The van der Waals surface area contributed by atoms with Crippen LogP contribution in [0.3, 0.4) is 0 Å². The standard InChI is InChI=1S/C18H30N2/c1-4-12-19-14-16-10-7-8-13-20(3)18(16)17-11-6-5-9-15(17)2/h5-6,9,11,16,18-19H,4,7-8,10,12-14H2,1-3H3. The van der Waals surface area contributed by atoms with Crippen LogP contribution in [0, 0.1) is 12.8 Å². The van der Waals surface area contributed by atoms with Gasteiger partial charge in [-0.2, -0.15) is 0 Å². The fraction of sp³-hybridized carbons (Fsp3) is 0.667. The molecule has 2 atom stereocenters. The van der Waals surface area contributed by atoms with Gasteiger partial charge in [0, 0.05) is 6.04 Å². The van der Waals surface area contributed by atoms with Gasteiger partial charge in [-0.25, -0.2) is 0 Å². The highest BCUT2D eigenvalue weighted by Gasteiger charge is 2.29. The SMILES string of the molecule is CCCNCC1CCCCN(C)C1c1ccccc1C. The van der Waals surface area contributed by atoms with Gasteiger partial charge in [-0.15, -0.1) is 0 Å². The topological polar surface area (TPSA) is 15.3 Å². The molecule has 2 nitrogen and oxygen atoms in total. The summed E-state index contributed by atoms with van der Waals surface area (Å²) in [5.74, 6) is 0.732. The molecule has 0 bridgehead atoms. The molecular weight excluding hydrogens is 244 g/mol. The fourth-order valence-electron chi connectivity index (χ4n) is 3.51. The molecule has 1 aromatic rings. The van der Waals surface area contributed by atoms with E-state index in [1.807, 2.05) is 0 Å². The summed E-state index contributed by atoms with van der Waals surface area (Å²) >= 11 is 0. The fourth-order valence-corrected chi connectivity index (χ4v) is 3.51. The predicted octanol–water partition coefficient (Wildman–Crippen LogP) is 3.77. The first-order chi connectivity index (χ1) is 9.74. The minimum Gasteiger partial charge on any atom is -0.316 e. The van der Waals surface area contributed by atoms with Gasteiger partial charge in [-0.05, 0) is 69.9 Å². The van der Waals surface area contributed by atoms with Crippen molar-refractivity contribution < 1.29 is 0 Å². The van der Waals surface area contributed by atoms with Crippen LogP contribution in [0.4, 0.5) is 0 Å². The van der Waals surface area contributed by atoms with E-state index in [-0.39, 0.29) is 0 Å². The maximum atomic E-state index is 3.65. The van der Waals surface area contributed by atoms with Gasteiger partial charge in [0.25, 0.3) is 0 Å². The van der Waals surface area contributed by atoms with E-state index < -0.39 is 0 Å². The molecule has 2 heteroatoms. The molecule has 2 unspecified atom stereocenters. The average Bonchev–Trinajstić information content (AvgIpc) is 2.62. The minimum absolute atomic E-state index is 0.572. The second-order valence-corrected chi connectivity index (χ2v) is 6.24. The molecule has 2 rings (SSSR count). The molecule has 0 radical (unpaired) electrons. The summed E-state index contributed by atoms with van der Waals surface area (Å²) in [5.41, 5.74) is 2.96. The van der Waals surface area contributed by atoms with Crippen molar-refractivity contribution in [3.63, 3.8) is 0 Å². The van der Waals surface area contributed by atoms with Gasteiger partial charge in [0.05, 0.1) is 0 Å². The lowest BCUT2D eigenvalue weighted by atomic mass is 9.87. The van der Waals surface area contributed by atoms with E-state index in [1.54, 1.807) is 0 Å². The van der Waals surface area contributed by atoms with Crippen molar-refractivity contribution in [2.24, 2.45) is 5.92 Å². The Bertz CT molecular complexity index is 402. The molecule has 0 aliphatic carbocycles. The molecule has 1 aromatic carbocycles. The van der Waals surface area contributed by atoms with Crippen LogP contribution < -0.4 is 5.32 Å². The van der Waals surface area contributed by atoms with Gasteiger partial charge < -0.3 is 5.32 Å². The maximum absolute atomic E-state index is 3.65. The summed E-state index contributed by atoms with van der Waals surface area (Å²) in [7, 11) is 2.30. The van der Waals surface area contributed by atoms with Crippen molar-refractivity contribution in [3.8, 4) is 0 Å². The molecule has 20 heavy (non-hydrogen) atoms. The summed E-state index contributed by atoms with van der Waals surface area (Å²) < 4.78 is 0. The summed E-state index contributed by atoms with van der Waals surface area (Å²) in [6, 6.07) is 9.50. The van der Waals surface area contributed by atoms with Crippen molar-refractivity contribution in [1.29, 1.82) is 0 Å². The Kier molecular flexibility index (Phi) is 6.06. The average molecular weight is 274 g/mol. The zero-order chi connectivity index (χ0) is 14.4. The second-order valence-electron chi connectivity index (χ2n) is 6.24. The molecular formula is C18H30N2. The van der Waals surface area contributed by atoms with E-state index in [0.29, 0.717) is 6.04 Å². The number of hydrogen-bond donors (Lipinski definition) is 1. The van der Waals surface area contributed by atoms with Crippen molar-refractivity contribution >= 4 is 0 Å². The first kappa shape index (κ1) is 15.5. The molecule has 1 N–H and O–H groups in total. The van der Waals surface area contributed by atoms with Crippen LogP contribution in [0.1, 0.15) is 49.8 Å². The third-order valence-electron chi connectivity index (χ3n) is 4.60. The van der Waals surface area contributed by atoms with Crippen molar-refractivity contribution in [1.82, 2.24) is 10.2 Å². The maximum Gasteiger partial charge on any atom is 0.0387 e. The third-order valence-corrected chi connectivity index (χ3v) is 4.60. The van der Waals surface area contributed by atoms with Gasteiger partial charge >= 0.3 is 0 Å². The molecule has 0 amide bonds. The van der Waals surface area contributed by atoms with E-state index in [4.69, 9.17) is 0 Å². The molecule has 1 fully saturated rings. The van der Waals surface area contributed by atoms with Crippen LogP contribution in [-0.2, 0) is 0 Å². The second kappa shape index (κ2) is 7.80. The number of benzene rings is 1. The summed E-state index contributed by atoms with van der Waals surface area (Å²) in [6.07, 6.45) is 5.27. The Morgan fingerprint density at radius 3 is 2.80 bits per heavy atom. The summed E-state index contributed by atoms with van der Waals surface area (Å²) in [6.45, 7) is 8.01. The molecule has 0 spiro atoms. The van der Waals surface area contributed by atoms with Crippen LogP contribution in [0.2, 0.25) is 0 Å². The largest absolute Gasteiger partial charge is 0.316 e. The Labute approximate surface area is 124 Å². The zero-order valence-corrected chi connectivity index (χ0v) is 13.4. The van der Waals surface area contributed by atoms with Gasteiger partial charge in [-0.1, -0.05) is 37.6 Å². The van der Waals surface area contributed by atoms with E-state index in [2.05, 4.69) is 55.4 Å². The number of likely N-dealkylation sites (tertiary alicyclic amines) is 1. The molecule has 1 heterocycles. The minimum atomic E-state index is 0.572. The molecule has 112 valence electrons. The zero-order valence-electron chi connectivity index (χ0n) is 13.4. The van der Waals surface area contributed by atoms with Crippen LogP contribution in [0.25, 0.3) is 0 Å². The predicted molar refractivity (Wildman–Crippen MR) is 87.1 cm³/mol. The monoisotopic (exact) mass is 274 g/mol. The van der Waals surface area contributed by atoms with Crippen LogP contribution in [0.15, 0.2) is 24.3 Å². The van der Waals surface area contributed by atoms with E-state index >= 15 is 0 Å². The van der Waals surface area contributed by atoms with Crippen LogP contribution >= 0.6 is 0 Å². The van der Waals surface area contributed by atoms with E-state index in [0.717, 1.165) is 19.0 Å². The Morgan fingerprint density at radius 1 is 1.25 bits per heavy atom. The number of hydrogen-bond acceptors (Lipinski definition) is 2. The van der Waals surface area contributed by atoms with Crippen molar-refractivity contribution in [2.75, 3.05) is 26.7 Å². The number of rotatable bonds is 5. The quantitative estimate of drug-likeness (QED) is 0.822. The van der Waals surface area contributed by atoms with Gasteiger partial charge in [0.1, 0.15) is 0 Å². The Morgan fingerprint density at radius 2 is 2.05 bits per heavy atom. The highest BCUT2D eigenvalue weighted by molar-refractivity contribution is 5.29. The highest BCUT2D eigenvalue weighted by atomic mass is 15.1. The van der Waals surface area contributed by atoms with Gasteiger partial charge in [0.2, 0.25) is 0 Å². The molecule has 0 saturated carbocycles. The Balaban J connectivity index is 2.19. The molecule has 1 saturated heterocycles. The van der Waals surface area contributed by atoms with Crippen LogP contribution in [-0.4, -0.2) is 31.6 Å². The van der Waals surface area contributed by atoms with Gasteiger partial charge in [-0.3, -0.25) is 4.90 Å². The number of aryl methyl sites for hydroxylation is 1. The van der Waals surface area contributed by atoms with Crippen molar-refractivity contribution in [3.05, 3.63) is 35.4 Å². The number of nitrogens with zero attached hydrogens (tertiary/aromatic N) is 1. The molecule has 1 aliphatic rings. The van der Waals surface area contributed by atoms with Crippen molar-refractivity contribution in [2.45, 2.75) is 45.6 Å². The first-order valence-corrected chi connectivity index (χ1v) is 8.20. The first-order valence-electron chi connectivity index (χ1n) is 8.20. The smallest absolute Gasteiger partial charge is 0.0387 e. The summed E-state index contributed by atoms with van der Waals surface area (Å²) in [5, 5.41) is 3.65. The lowest BCUT2D eigenvalue weighted by Crippen LogP contribution is -2.35. The van der Waals surface area contributed by atoms with E-state index in [1.165, 1.54) is 43.4 Å². The normalized spacial score (nSPS) is 24.6. The lowest BCUT2D eigenvalue weighted by Gasteiger charge is -2.34. The molecule has 1 aliphatic heterocycles. The lowest BCUT2D eigenvalue weighted by molar-refractivity contribution is 0.188. The highest BCUT2D eigenvalue weighted by Crippen LogP contribution is 2.35. The third kappa shape index (κ3) is 3.83. The number of nitrogens with one attached hydrogen (secondary N) is 1. The Hall–Kier alpha value is -0.860. The van der Waals surface area contributed by atoms with E-state index in [9.17, 15) is 0 Å². The molecule has 0 aromatic heterocycles.